The van der Waals surface area contributed by atoms with Crippen LogP contribution in [0.5, 0.6) is 5.75 Å². The smallest absolute Gasteiger partial charge is 0.125 e. The molecule has 94 valence electrons. The van der Waals surface area contributed by atoms with Crippen molar-refractivity contribution < 1.29 is 9.84 Å². The van der Waals surface area contributed by atoms with Crippen LogP contribution in [0.4, 0.5) is 5.69 Å². The number of fused-ring (bicyclic) bond motifs is 1. The summed E-state index contributed by atoms with van der Waals surface area (Å²) in [7, 11) is 3.99. The minimum atomic E-state index is -0.411. The molecular weight excluding hydrogens is 214 g/mol. The molecule has 2 atom stereocenters. The van der Waals surface area contributed by atoms with Crippen LogP contribution in [-0.4, -0.2) is 25.3 Å². The first kappa shape index (κ1) is 12.2. The van der Waals surface area contributed by atoms with Gasteiger partial charge in [-0.3, -0.25) is 0 Å². The lowest BCUT2D eigenvalue weighted by Gasteiger charge is -2.32. The van der Waals surface area contributed by atoms with Gasteiger partial charge in [-0.05, 0) is 24.1 Å². The Hall–Kier alpha value is -1.22. The van der Waals surface area contributed by atoms with Crippen LogP contribution in [0.25, 0.3) is 0 Å². The number of benzene rings is 1. The highest BCUT2D eigenvalue weighted by Gasteiger charge is 2.29. The van der Waals surface area contributed by atoms with Crippen LogP contribution < -0.4 is 9.64 Å². The Labute approximate surface area is 103 Å². The maximum absolute atomic E-state index is 10.2. The van der Waals surface area contributed by atoms with Crippen LogP contribution in [0.2, 0.25) is 0 Å². The second-order valence-corrected chi connectivity index (χ2v) is 5.27. The first-order valence-corrected chi connectivity index (χ1v) is 6.15. The number of hydrogen-bond donors (Lipinski definition) is 1. The van der Waals surface area contributed by atoms with E-state index >= 15 is 0 Å². The summed E-state index contributed by atoms with van der Waals surface area (Å²) in [4.78, 5) is 2.03. The first-order chi connectivity index (χ1) is 7.99. The summed E-state index contributed by atoms with van der Waals surface area (Å²) in [6.07, 6.45) is 0.385. The molecule has 1 aromatic carbocycles. The topological polar surface area (TPSA) is 32.7 Å². The third-order valence-corrected chi connectivity index (χ3v) is 3.35. The summed E-state index contributed by atoms with van der Waals surface area (Å²) < 4.78 is 5.92. The SMILES string of the molecule is CC(C)C1CC(O)c2cc(N(C)C)ccc2O1. The van der Waals surface area contributed by atoms with Crippen molar-refractivity contribution in [3.63, 3.8) is 0 Å². The summed E-state index contributed by atoms with van der Waals surface area (Å²) in [6, 6.07) is 5.99. The zero-order chi connectivity index (χ0) is 12.6. The molecule has 0 radical (unpaired) electrons. The van der Waals surface area contributed by atoms with Gasteiger partial charge in [-0.1, -0.05) is 13.8 Å². The molecule has 0 saturated heterocycles. The third kappa shape index (κ3) is 2.39. The Kier molecular flexibility index (Phi) is 3.29. The number of nitrogens with zero attached hydrogens (tertiary/aromatic N) is 1. The number of ether oxygens (including phenoxy) is 1. The molecule has 1 heterocycles. The van der Waals surface area contributed by atoms with Gasteiger partial charge in [-0.15, -0.1) is 0 Å². The molecule has 0 aromatic heterocycles. The van der Waals surface area contributed by atoms with Crippen molar-refractivity contribution in [2.45, 2.75) is 32.5 Å². The summed E-state index contributed by atoms with van der Waals surface area (Å²) in [5.74, 6) is 1.25. The van der Waals surface area contributed by atoms with Gasteiger partial charge in [0.25, 0.3) is 0 Å². The van der Waals surface area contributed by atoms with Gasteiger partial charge in [0.2, 0.25) is 0 Å². The fourth-order valence-electron chi connectivity index (χ4n) is 2.15. The van der Waals surface area contributed by atoms with Crippen molar-refractivity contribution in [3.05, 3.63) is 23.8 Å². The van der Waals surface area contributed by atoms with E-state index in [4.69, 9.17) is 4.74 Å². The van der Waals surface area contributed by atoms with Gasteiger partial charge in [0, 0.05) is 31.8 Å². The summed E-state index contributed by atoms with van der Waals surface area (Å²) in [5, 5.41) is 10.2. The van der Waals surface area contributed by atoms with Crippen molar-refractivity contribution >= 4 is 5.69 Å². The molecule has 0 fully saturated rings. The molecule has 1 aromatic rings. The largest absolute Gasteiger partial charge is 0.490 e. The van der Waals surface area contributed by atoms with Gasteiger partial charge in [-0.25, -0.2) is 0 Å². The Balaban J connectivity index is 2.32. The van der Waals surface area contributed by atoms with Crippen molar-refractivity contribution in [2.24, 2.45) is 5.92 Å². The zero-order valence-corrected chi connectivity index (χ0v) is 11.0. The van der Waals surface area contributed by atoms with Crippen LogP contribution in [0.1, 0.15) is 31.9 Å². The lowest BCUT2D eigenvalue weighted by Crippen LogP contribution is -2.30. The molecule has 1 aliphatic heterocycles. The van der Waals surface area contributed by atoms with E-state index in [9.17, 15) is 5.11 Å². The molecular formula is C14H21NO2. The molecule has 3 heteroatoms. The first-order valence-electron chi connectivity index (χ1n) is 6.15. The van der Waals surface area contributed by atoms with Gasteiger partial charge in [-0.2, -0.15) is 0 Å². The van der Waals surface area contributed by atoms with E-state index in [1.165, 1.54) is 0 Å². The minimum absolute atomic E-state index is 0.114. The Bertz CT molecular complexity index is 401. The van der Waals surface area contributed by atoms with Gasteiger partial charge in [0.1, 0.15) is 11.9 Å². The predicted molar refractivity (Wildman–Crippen MR) is 69.6 cm³/mol. The Morgan fingerprint density at radius 3 is 2.65 bits per heavy atom. The van der Waals surface area contributed by atoms with Gasteiger partial charge in [0.05, 0.1) is 6.10 Å². The summed E-state index contributed by atoms with van der Waals surface area (Å²) >= 11 is 0. The highest BCUT2D eigenvalue weighted by atomic mass is 16.5. The molecule has 0 saturated carbocycles. The van der Waals surface area contributed by atoms with Gasteiger partial charge < -0.3 is 14.7 Å². The number of rotatable bonds is 2. The van der Waals surface area contributed by atoms with E-state index < -0.39 is 6.10 Å². The van der Waals surface area contributed by atoms with Crippen molar-refractivity contribution in [1.29, 1.82) is 0 Å². The molecule has 0 bridgehead atoms. The third-order valence-electron chi connectivity index (χ3n) is 3.35. The molecule has 1 N–H and O–H groups in total. The fourth-order valence-corrected chi connectivity index (χ4v) is 2.15. The molecule has 0 spiro atoms. The second kappa shape index (κ2) is 4.57. The van der Waals surface area contributed by atoms with E-state index in [0.717, 1.165) is 17.0 Å². The fraction of sp³-hybridized carbons (Fsp3) is 0.571. The average Bonchev–Trinajstić information content (AvgIpc) is 2.28. The number of hydrogen-bond acceptors (Lipinski definition) is 3. The van der Waals surface area contributed by atoms with Crippen LogP contribution in [0.3, 0.4) is 0 Å². The van der Waals surface area contributed by atoms with E-state index in [1.807, 2.05) is 37.2 Å². The quantitative estimate of drug-likeness (QED) is 0.855. The summed E-state index contributed by atoms with van der Waals surface area (Å²) in [5.41, 5.74) is 2.00. The Morgan fingerprint density at radius 2 is 2.06 bits per heavy atom. The van der Waals surface area contributed by atoms with Crippen LogP contribution in [0.15, 0.2) is 18.2 Å². The maximum atomic E-state index is 10.2. The molecule has 17 heavy (non-hydrogen) atoms. The van der Waals surface area contributed by atoms with Crippen LogP contribution in [0, 0.1) is 5.92 Å². The highest BCUT2D eigenvalue weighted by molar-refractivity contribution is 5.53. The second-order valence-electron chi connectivity index (χ2n) is 5.27. The van der Waals surface area contributed by atoms with Crippen LogP contribution >= 0.6 is 0 Å². The van der Waals surface area contributed by atoms with E-state index in [1.54, 1.807) is 0 Å². The number of aliphatic hydroxyl groups is 1. The van der Waals surface area contributed by atoms with Gasteiger partial charge in [0.15, 0.2) is 0 Å². The molecule has 3 nitrogen and oxygen atoms in total. The molecule has 1 aliphatic rings. The number of anilines is 1. The average molecular weight is 235 g/mol. The van der Waals surface area contributed by atoms with Crippen molar-refractivity contribution in [3.8, 4) is 5.75 Å². The van der Waals surface area contributed by atoms with E-state index in [-0.39, 0.29) is 6.10 Å². The summed E-state index contributed by atoms with van der Waals surface area (Å²) in [6.45, 7) is 4.24. The molecule has 0 amide bonds. The Morgan fingerprint density at radius 1 is 1.35 bits per heavy atom. The van der Waals surface area contributed by atoms with E-state index in [2.05, 4.69) is 13.8 Å². The molecule has 0 aliphatic carbocycles. The monoisotopic (exact) mass is 235 g/mol. The molecule has 2 unspecified atom stereocenters. The van der Waals surface area contributed by atoms with Crippen molar-refractivity contribution in [2.75, 3.05) is 19.0 Å². The maximum Gasteiger partial charge on any atom is 0.125 e. The zero-order valence-electron chi connectivity index (χ0n) is 11.0. The lowest BCUT2D eigenvalue weighted by molar-refractivity contribution is 0.0427. The standard InChI is InChI=1S/C14H21NO2/c1-9(2)14-8-12(16)11-7-10(15(3)4)5-6-13(11)17-14/h5-7,9,12,14,16H,8H2,1-4H3. The minimum Gasteiger partial charge on any atom is -0.490 e. The lowest BCUT2D eigenvalue weighted by atomic mass is 9.93. The van der Waals surface area contributed by atoms with E-state index in [0.29, 0.717) is 12.3 Å². The highest BCUT2D eigenvalue weighted by Crippen LogP contribution is 2.38. The predicted octanol–water partition coefficient (Wildman–Crippen LogP) is 2.59. The number of aliphatic hydroxyl groups excluding tert-OH is 1. The van der Waals surface area contributed by atoms with Crippen molar-refractivity contribution in [1.82, 2.24) is 0 Å². The van der Waals surface area contributed by atoms with Gasteiger partial charge >= 0.3 is 0 Å². The van der Waals surface area contributed by atoms with Crippen LogP contribution in [-0.2, 0) is 0 Å². The normalized spacial score (nSPS) is 23.2. The molecule has 2 rings (SSSR count).